The average Bonchev–Trinajstić information content (AvgIpc) is 3.03. The van der Waals surface area contributed by atoms with Crippen molar-refractivity contribution < 1.29 is 9.53 Å². The summed E-state index contributed by atoms with van der Waals surface area (Å²) < 4.78 is 7.42. The Kier molecular flexibility index (Phi) is 5.53. The fraction of sp³-hybridized carbons (Fsp3) is 0.500. The molecule has 1 aromatic carbocycles. The largest absolute Gasteiger partial charge is 0.384 e. The van der Waals surface area contributed by atoms with Gasteiger partial charge in [0.05, 0.1) is 12.6 Å². The number of hydrogen-bond donors (Lipinski definition) is 0. The van der Waals surface area contributed by atoms with Gasteiger partial charge >= 0.3 is 0 Å². The number of carbonyl (C=O) groups is 1. The number of amides is 1. The van der Waals surface area contributed by atoms with Crippen LogP contribution in [0.2, 0.25) is 0 Å². The van der Waals surface area contributed by atoms with Crippen molar-refractivity contribution in [3.63, 3.8) is 0 Å². The Labute approximate surface area is 149 Å². The number of ether oxygens (including phenoxy) is 1. The maximum atomic E-state index is 12.8. The highest BCUT2D eigenvalue weighted by atomic mass is 16.5. The van der Waals surface area contributed by atoms with Gasteiger partial charge in [-0.15, -0.1) is 0 Å². The van der Waals surface area contributed by atoms with Crippen LogP contribution in [-0.2, 0) is 28.9 Å². The zero-order valence-corrected chi connectivity index (χ0v) is 15.4. The van der Waals surface area contributed by atoms with Crippen molar-refractivity contribution in [1.82, 2.24) is 14.5 Å². The molecule has 0 spiro atoms. The number of aromatic nitrogens is 2. The van der Waals surface area contributed by atoms with E-state index in [1.54, 1.807) is 7.11 Å². The number of fused-ring (bicyclic) bond motifs is 1. The van der Waals surface area contributed by atoms with E-state index in [0.717, 1.165) is 31.8 Å². The van der Waals surface area contributed by atoms with E-state index in [0.29, 0.717) is 13.0 Å². The lowest BCUT2D eigenvalue weighted by molar-refractivity contribution is -0.134. The SMILES string of the molecule is COCCc1cnc2n1CCN(C(=O)CCc1ccccc1C)C2C. The Bertz CT molecular complexity index is 738. The minimum atomic E-state index is 0.0226. The Morgan fingerprint density at radius 3 is 2.84 bits per heavy atom. The lowest BCUT2D eigenvalue weighted by Gasteiger charge is -2.34. The van der Waals surface area contributed by atoms with E-state index < -0.39 is 0 Å². The van der Waals surface area contributed by atoms with Gasteiger partial charge in [-0.1, -0.05) is 24.3 Å². The van der Waals surface area contributed by atoms with Gasteiger partial charge in [0, 0.05) is 44.9 Å². The van der Waals surface area contributed by atoms with Gasteiger partial charge in [-0.3, -0.25) is 4.79 Å². The number of carbonyl (C=O) groups excluding carboxylic acids is 1. The highest BCUT2D eigenvalue weighted by Crippen LogP contribution is 2.26. The summed E-state index contributed by atoms with van der Waals surface area (Å²) in [4.78, 5) is 19.3. The van der Waals surface area contributed by atoms with Gasteiger partial charge in [0.15, 0.2) is 0 Å². The first-order valence-electron chi connectivity index (χ1n) is 8.99. The van der Waals surface area contributed by atoms with E-state index in [-0.39, 0.29) is 11.9 Å². The highest BCUT2D eigenvalue weighted by molar-refractivity contribution is 5.77. The van der Waals surface area contributed by atoms with Crippen LogP contribution in [0.3, 0.4) is 0 Å². The smallest absolute Gasteiger partial charge is 0.223 e. The Morgan fingerprint density at radius 2 is 2.08 bits per heavy atom. The molecule has 2 heterocycles. The zero-order valence-electron chi connectivity index (χ0n) is 15.4. The second-order valence-corrected chi connectivity index (χ2v) is 6.69. The molecule has 1 aromatic heterocycles. The molecule has 0 bridgehead atoms. The van der Waals surface area contributed by atoms with Crippen molar-refractivity contribution in [2.75, 3.05) is 20.3 Å². The molecule has 0 fully saturated rings. The third-order valence-electron chi connectivity index (χ3n) is 5.13. The predicted octanol–water partition coefficient (Wildman–Crippen LogP) is 2.92. The Hall–Kier alpha value is -2.14. The second-order valence-electron chi connectivity index (χ2n) is 6.69. The summed E-state index contributed by atoms with van der Waals surface area (Å²) in [5.41, 5.74) is 3.69. The molecule has 2 aromatic rings. The molecule has 0 aliphatic carbocycles. The maximum absolute atomic E-state index is 12.8. The first-order chi connectivity index (χ1) is 12.1. The monoisotopic (exact) mass is 341 g/mol. The fourth-order valence-electron chi connectivity index (χ4n) is 3.58. The molecule has 3 rings (SSSR count). The number of rotatable bonds is 6. The lowest BCUT2D eigenvalue weighted by atomic mass is 10.0. The van der Waals surface area contributed by atoms with Crippen LogP contribution in [0.4, 0.5) is 0 Å². The quantitative estimate of drug-likeness (QED) is 0.812. The average molecular weight is 341 g/mol. The highest BCUT2D eigenvalue weighted by Gasteiger charge is 2.29. The number of nitrogens with zero attached hydrogens (tertiary/aromatic N) is 3. The molecular formula is C20H27N3O2. The minimum Gasteiger partial charge on any atom is -0.384 e. The van der Waals surface area contributed by atoms with Crippen LogP contribution < -0.4 is 0 Å². The van der Waals surface area contributed by atoms with E-state index in [4.69, 9.17) is 4.74 Å². The third kappa shape index (κ3) is 3.76. The first-order valence-corrected chi connectivity index (χ1v) is 8.99. The first kappa shape index (κ1) is 17.7. The van der Waals surface area contributed by atoms with Crippen LogP contribution in [0.25, 0.3) is 0 Å². The van der Waals surface area contributed by atoms with Gasteiger partial charge in [0.25, 0.3) is 0 Å². The van der Waals surface area contributed by atoms with Gasteiger partial charge in [-0.2, -0.15) is 0 Å². The van der Waals surface area contributed by atoms with E-state index in [9.17, 15) is 4.79 Å². The van der Waals surface area contributed by atoms with E-state index >= 15 is 0 Å². The summed E-state index contributed by atoms with van der Waals surface area (Å²) in [6.07, 6.45) is 4.12. The van der Waals surface area contributed by atoms with Crippen molar-refractivity contribution in [1.29, 1.82) is 0 Å². The summed E-state index contributed by atoms with van der Waals surface area (Å²) in [5, 5.41) is 0. The fourth-order valence-corrected chi connectivity index (χ4v) is 3.58. The predicted molar refractivity (Wildman–Crippen MR) is 97.4 cm³/mol. The number of methoxy groups -OCH3 is 1. The topological polar surface area (TPSA) is 47.4 Å². The van der Waals surface area contributed by atoms with Crippen molar-refractivity contribution in [3.05, 3.63) is 53.1 Å². The molecule has 1 unspecified atom stereocenters. The van der Waals surface area contributed by atoms with Crippen molar-refractivity contribution in [2.24, 2.45) is 0 Å². The molecule has 0 saturated carbocycles. The molecule has 25 heavy (non-hydrogen) atoms. The molecule has 5 heteroatoms. The lowest BCUT2D eigenvalue weighted by Crippen LogP contribution is -2.41. The minimum absolute atomic E-state index is 0.0226. The molecule has 1 amide bonds. The maximum Gasteiger partial charge on any atom is 0.223 e. The van der Waals surface area contributed by atoms with Crippen LogP contribution in [0.15, 0.2) is 30.5 Å². The van der Waals surface area contributed by atoms with Gasteiger partial charge in [-0.05, 0) is 31.4 Å². The van der Waals surface area contributed by atoms with E-state index in [1.165, 1.54) is 16.8 Å². The van der Waals surface area contributed by atoms with Crippen LogP contribution in [0.5, 0.6) is 0 Å². The molecule has 1 atom stereocenters. The molecule has 5 nitrogen and oxygen atoms in total. The van der Waals surface area contributed by atoms with Crippen molar-refractivity contribution in [3.8, 4) is 0 Å². The molecule has 0 radical (unpaired) electrons. The van der Waals surface area contributed by atoms with Crippen molar-refractivity contribution in [2.45, 2.75) is 45.7 Å². The van der Waals surface area contributed by atoms with Crippen molar-refractivity contribution >= 4 is 5.91 Å². The van der Waals surface area contributed by atoms with Crippen LogP contribution in [0.1, 0.15) is 42.0 Å². The van der Waals surface area contributed by atoms with Gasteiger partial charge < -0.3 is 14.2 Å². The van der Waals surface area contributed by atoms with Gasteiger partial charge in [0.2, 0.25) is 5.91 Å². The molecule has 0 N–H and O–H groups in total. The summed E-state index contributed by atoms with van der Waals surface area (Å²) in [6.45, 7) is 6.43. The number of benzene rings is 1. The summed E-state index contributed by atoms with van der Waals surface area (Å²) in [7, 11) is 1.71. The standard InChI is InChI=1S/C20H27N3O2/c1-15-6-4-5-7-17(15)8-9-19(24)22-11-12-23-18(10-13-25-3)14-21-20(23)16(22)2/h4-7,14,16H,8-13H2,1-3H3. The molecule has 1 aliphatic rings. The van der Waals surface area contributed by atoms with Crippen LogP contribution in [0, 0.1) is 6.92 Å². The van der Waals surface area contributed by atoms with E-state index in [2.05, 4.69) is 35.5 Å². The molecule has 0 saturated heterocycles. The third-order valence-corrected chi connectivity index (χ3v) is 5.13. The number of aryl methyl sites for hydroxylation is 2. The summed E-state index contributed by atoms with van der Waals surface area (Å²) >= 11 is 0. The molecule has 1 aliphatic heterocycles. The number of imidazole rings is 1. The normalized spacial score (nSPS) is 16.8. The number of hydrogen-bond acceptors (Lipinski definition) is 3. The summed E-state index contributed by atoms with van der Waals surface area (Å²) in [6, 6.07) is 8.30. The van der Waals surface area contributed by atoms with Gasteiger partial charge in [-0.25, -0.2) is 4.98 Å². The van der Waals surface area contributed by atoms with E-state index in [1.807, 2.05) is 23.2 Å². The second kappa shape index (κ2) is 7.83. The van der Waals surface area contributed by atoms with Crippen LogP contribution in [-0.4, -0.2) is 40.6 Å². The zero-order chi connectivity index (χ0) is 17.8. The Balaban J connectivity index is 1.65. The van der Waals surface area contributed by atoms with Crippen LogP contribution >= 0.6 is 0 Å². The molecule has 134 valence electrons. The van der Waals surface area contributed by atoms with Gasteiger partial charge in [0.1, 0.15) is 5.82 Å². The molecular weight excluding hydrogens is 314 g/mol. The Morgan fingerprint density at radius 1 is 1.28 bits per heavy atom. The summed E-state index contributed by atoms with van der Waals surface area (Å²) in [5.74, 6) is 1.20.